The average molecular weight is 503 g/mol. The number of rotatable bonds is 5. The lowest BCUT2D eigenvalue weighted by atomic mass is 9.97. The van der Waals surface area contributed by atoms with Gasteiger partial charge in [-0.25, -0.2) is 18.7 Å². The number of carbonyl (C=O) groups is 2. The molecule has 0 spiro atoms. The number of hydrogen-bond acceptors (Lipinski definition) is 6. The van der Waals surface area contributed by atoms with Crippen LogP contribution in [-0.4, -0.2) is 26.7 Å². The number of nitrogen functional groups attached to an aromatic ring is 1. The minimum Gasteiger partial charge on any atom is -0.461 e. The van der Waals surface area contributed by atoms with Crippen LogP contribution in [0.4, 0.5) is 14.7 Å². The second kappa shape index (κ2) is 9.57. The second-order valence-electron chi connectivity index (χ2n) is 9.28. The van der Waals surface area contributed by atoms with Crippen LogP contribution < -0.4 is 5.73 Å². The van der Waals surface area contributed by atoms with Crippen molar-refractivity contribution in [1.29, 1.82) is 0 Å². The molecule has 2 heterocycles. The highest BCUT2D eigenvalue weighted by molar-refractivity contribution is 6.06. The molecule has 9 heteroatoms. The number of ether oxygens (including phenoxy) is 1. The molecule has 1 aliphatic rings. The summed E-state index contributed by atoms with van der Waals surface area (Å²) in [7, 11) is 0. The van der Waals surface area contributed by atoms with Gasteiger partial charge in [0.1, 0.15) is 12.3 Å². The van der Waals surface area contributed by atoms with Crippen LogP contribution in [0.5, 0.6) is 0 Å². The zero-order valence-electron chi connectivity index (χ0n) is 20.3. The highest BCUT2D eigenvalue weighted by Crippen LogP contribution is 2.32. The molecule has 0 radical (unpaired) electrons. The fourth-order valence-electron chi connectivity index (χ4n) is 4.40. The van der Waals surface area contributed by atoms with Gasteiger partial charge in [0.2, 0.25) is 5.95 Å². The summed E-state index contributed by atoms with van der Waals surface area (Å²) in [4.78, 5) is 35.7. The first-order valence-corrected chi connectivity index (χ1v) is 11.8. The number of nitrogens with two attached hydrogens (primary N) is 1. The smallest absolute Gasteiger partial charge is 0.308 e. The zero-order chi connectivity index (χ0) is 26.3. The quantitative estimate of drug-likeness (QED) is 0.385. The molecule has 2 N–H and O–H groups in total. The Bertz CT molecular complexity index is 1530. The van der Waals surface area contributed by atoms with Crippen LogP contribution in [0.1, 0.15) is 41.0 Å². The third-order valence-corrected chi connectivity index (χ3v) is 6.34. The number of nitrogens with zero attached hydrogens (tertiary/aromatic N) is 3. The maximum absolute atomic E-state index is 14.3. The fourth-order valence-corrected chi connectivity index (χ4v) is 4.40. The van der Waals surface area contributed by atoms with Crippen LogP contribution in [0, 0.1) is 17.6 Å². The van der Waals surface area contributed by atoms with Crippen molar-refractivity contribution < 1.29 is 23.1 Å². The summed E-state index contributed by atoms with van der Waals surface area (Å²) in [6, 6.07) is 14.8. The minimum absolute atomic E-state index is 0.0468. The number of carbonyl (C=O) groups excluding carboxylic acids is 2. The Kier molecular flexibility index (Phi) is 6.29. The van der Waals surface area contributed by atoms with Crippen LogP contribution in [0.15, 0.2) is 54.6 Å². The molecule has 5 rings (SSSR count). The number of benzene rings is 3. The number of hydrogen-bond donors (Lipinski definition) is 1. The SMILES string of the molecule is CC(C)C(=O)OCc1cc(F)c(F)cc1-c1ccc2nc(N)nc(C(=O)N3Cc4ccccc4C3)c2c1. The van der Waals surface area contributed by atoms with Crippen molar-refractivity contribution in [2.75, 3.05) is 5.73 Å². The van der Waals surface area contributed by atoms with Gasteiger partial charge >= 0.3 is 5.97 Å². The number of esters is 1. The largest absolute Gasteiger partial charge is 0.461 e. The van der Waals surface area contributed by atoms with E-state index in [4.69, 9.17) is 10.5 Å². The van der Waals surface area contributed by atoms with E-state index in [2.05, 4.69) is 9.97 Å². The van der Waals surface area contributed by atoms with Crippen LogP contribution in [0.25, 0.3) is 22.0 Å². The number of amides is 1. The summed E-state index contributed by atoms with van der Waals surface area (Å²) in [5, 5.41) is 0.419. The first kappa shape index (κ1) is 24.3. The van der Waals surface area contributed by atoms with Gasteiger partial charge in [0.15, 0.2) is 11.6 Å². The van der Waals surface area contributed by atoms with Crippen molar-refractivity contribution in [2.24, 2.45) is 5.92 Å². The van der Waals surface area contributed by atoms with Crippen LogP contribution in [-0.2, 0) is 29.2 Å². The Morgan fingerprint density at radius 2 is 1.68 bits per heavy atom. The van der Waals surface area contributed by atoms with Gasteiger partial charge in [-0.2, -0.15) is 0 Å². The summed E-state index contributed by atoms with van der Waals surface area (Å²) in [5.74, 6) is -3.30. The lowest BCUT2D eigenvalue weighted by molar-refractivity contribution is -0.148. The van der Waals surface area contributed by atoms with E-state index < -0.39 is 17.6 Å². The molecule has 37 heavy (non-hydrogen) atoms. The van der Waals surface area contributed by atoms with Crippen molar-refractivity contribution in [3.63, 3.8) is 0 Å². The van der Waals surface area contributed by atoms with Crippen molar-refractivity contribution in [3.8, 4) is 11.1 Å². The predicted octanol–water partition coefficient (Wildman–Crippen LogP) is 5.01. The van der Waals surface area contributed by atoms with Gasteiger partial charge in [0.25, 0.3) is 5.91 Å². The molecular weight excluding hydrogens is 478 g/mol. The molecule has 0 bridgehead atoms. The van der Waals surface area contributed by atoms with E-state index in [1.165, 1.54) is 0 Å². The normalized spacial score (nSPS) is 12.7. The molecule has 0 saturated carbocycles. The Morgan fingerprint density at radius 1 is 1.00 bits per heavy atom. The van der Waals surface area contributed by atoms with E-state index in [1.54, 1.807) is 36.9 Å². The number of fused-ring (bicyclic) bond motifs is 2. The molecule has 4 aromatic rings. The monoisotopic (exact) mass is 502 g/mol. The van der Waals surface area contributed by atoms with Crippen LogP contribution >= 0.6 is 0 Å². The molecule has 0 atom stereocenters. The van der Waals surface area contributed by atoms with Gasteiger partial charge in [0.05, 0.1) is 11.4 Å². The number of aromatic nitrogens is 2. The Hall–Kier alpha value is -4.40. The summed E-state index contributed by atoms with van der Waals surface area (Å²) < 4.78 is 33.7. The second-order valence-corrected chi connectivity index (χ2v) is 9.28. The summed E-state index contributed by atoms with van der Waals surface area (Å²) in [5.41, 5.74) is 9.68. The van der Waals surface area contributed by atoms with Gasteiger partial charge in [-0.1, -0.05) is 44.2 Å². The van der Waals surface area contributed by atoms with Gasteiger partial charge in [0, 0.05) is 24.0 Å². The van der Waals surface area contributed by atoms with Crippen LogP contribution in [0.2, 0.25) is 0 Å². The van der Waals surface area contributed by atoms with Gasteiger partial charge in [-0.3, -0.25) is 9.59 Å². The third kappa shape index (κ3) is 4.72. The summed E-state index contributed by atoms with van der Waals surface area (Å²) in [6.07, 6.45) is 0. The molecule has 7 nitrogen and oxygen atoms in total. The zero-order valence-corrected chi connectivity index (χ0v) is 20.3. The highest BCUT2D eigenvalue weighted by atomic mass is 19.2. The van der Waals surface area contributed by atoms with E-state index in [0.717, 1.165) is 23.3 Å². The molecule has 3 aromatic carbocycles. The minimum atomic E-state index is -1.05. The highest BCUT2D eigenvalue weighted by Gasteiger charge is 2.27. The van der Waals surface area contributed by atoms with Gasteiger partial charge < -0.3 is 15.4 Å². The van der Waals surface area contributed by atoms with Crippen LogP contribution in [0.3, 0.4) is 0 Å². The lowest BCUT2D eigenvalue weighted by Crippen LogP contribution is -2.27. The first-order valence-electron chi connectivity index (χ1n) is 11.8. The van der Waals surface area contributed by atoms with Crippen molar-refractivity contribution >= 4 is 28.7 Å². The molecule has 0 saturated heterocycles. The molecule has 188 valence electrons. The van der Waals surface area contributed by atoms with Crippen molar-refractivity contribution in [3.05, 3.63) is 88.6 Å². The molecule has 1 aliphatic heterocycles. The van der Waals surface area contributed by atoms with Gasteiger partial charge in [-0.05, 0) is 46.5 Å². The standard InChI is InChI=1S/C28H24F2N4O3/c1-15(2)27(36)37-14-19-10-22(29)23(30)11-20(19)16-7-8-24-21(9-16)25(33-28(31)32-24)26(35)34-12-17-5-3-4-6-18(17)13-34/h3-11,15H,12-14H2,1-2H3,(H2,31,32,33). The maximum atomic E-state index is 14.3. The van der Waals surface area contributed by atoms with E-state index >= 15 is 0 Å². The Morgan fingerprint density at radius 3 is 2.35 bits per heavy atom. The van der Waals surface area contributed by atoms with Crippen molar-refractivity contribution in [1.82, 2.24) is 14.9 Å². The molecule has 0 unspecified atom stereocenters. The predicted molar refractivity (Wildman–Crippen MR) is 134 cm³/mol. The Balaban J connectivity index is 1.56. The van der Waals surface area contributed by atoms with Crippen molar-refractivity contribution in [2.45, 2.75) is 33.5 Å². The van der Waals surface area contributed by atoms with E-state index in [1.807, 2.05) is 24.3 Å². The molecule has 1 amide bonds. The van der Waals surface area contributed by atoms with Gasteiger partial charge in [-0.15, -0.1) is 0 Å². The average Bonchev–Trinajstić information content (AvgIpc) is 3.32. The fraction of sp³-hybridized carbons (Fsp3) is 0.214. The van der Waals surface area contributed by atoms with E-state index in [9.17, 15) is 18.4 Å². The van der Waals surface area contributed by atoms with E-state index in [-0.39, 0.29) is 35.6 Å². The third-order valence-electron chi connectivity index (χ3n) is 6.34. The summed E-state index contributed by atoms with van der Waals surface area (Å²) in [6.45, 7) is 4.00. The van der Waals surface area contributed by atoms with E-state index in [0.29, 0.717) is 35.1 Å². The molecule has 1 aromatic heterocycles. The first-order chi connectivity index (χ1) is 17.7. The molecule has 0 fully saturated rings. The molecule has 0 aliphatic carbocycles. The summed E-state index contributed by atoms with van der Waals surface area (Å²) >= 11 is 0. The molecular formula is C28H24F2N4O3. The topological polar surface area (TPSA) is 98.4 Å². The maximum Gasteiger partial charge on any atom is 0.308 e. The number of halogens is 2. The lowest BCUT2D eigenvalue weighted by Gasteiger charge is -2.17. The number of anilines is 1. The Labute approximate surface area is 211 Å².